The molecule has 5 aliphatic carbocycles. The predicted octanol–water partition coefficient (Wildman–Crippen LogP) is 4.67. The molecule has 0 amide bonds. The Morgan fingerprint density at radius 2 is 1.89 bits per heavy atom. The molecule has 0 radical (unpaired) electrons. The number of allylic oxidation sites excluding steroid dienone is 1. The van der Waals surface area contributed by atoms with E-state index in [9.17, 15) is 14.9 Å². The van der Waals surface area contributed by atoms with Gasteiger partial charge in [-0.2, -0.15) is 0 Å². The van der Waals surface area contributed by atoms with Crippen molar-refractivity contribution in [1.29, 1.82) is 0 Å². The molecular weight excluding hydrogens is 342 g/mol. The van der Waals surface area contributed by atoms with Gasteiger partial charge >= 0.3 is 5.70 Å². The van der Waals surface area contributed by atoms with E-state index < -0.39 is 4.92 Å². The Labute approximate surface area is 161 Å². The molecule has 5 aliphatic rings. The lowest BCUT2D eigenvalue weighted by molar-refractivity contribution is -0.422. The number of ether oxygens (including phenoxy) is 1. The highest BCUT2D eigenvalue weighted by molar-refractivity contribution is 5.95. The third-order valence-electron chi connectivity index (χ3n) is 8.85. The SMILES string of the molecule is C[C@@]12CCC[C@H]1[C@@H]1CCC3=C([N+](=O)[O-])C(=O)CC[C@]3(C)[C@@H]1C(OC1CC1)C2. The van der Waals surface area contributed by atoms with Gasteiger partial charge in [0.05, 0.1) is 17.1 Å². The molecule has 0 aromatic heterocycles. The number of ketones is 1. The molecule has 4 fully saturated rings. The summed E-state index contributed by atoms with van der Waals surface area (Å²) >= 11 is 0. The van der Waals surface area contributed by atoms with E-state index in [0.717, 1.165) is 50.0 Å². The monoisotopic (exact) mass is 373 g/mol. The van der Waals surface area contributed by atoms with Crippen molar-refractivity contribution < 1.29 is 14.5 Å². The van der Waals surface area contributed by atoms with Gasteiger partial charge in [-0.25, -0.2) is 0 Å². The van der Waals surface area contributed by atoms with E-state index in [1.807, 2.05) is 0 Å². The molecule has 5 heteroatoms. The number of nitro groups is 1. The molecule has 5 rings (SSSR count). The van der Waals surface area contributed by atoms with E-state index in [-0.39, 0.29) is 23.0 Å². The summed E-state index contributed by atoms with van der Waals surface area (Å²) < 4.78 is 6.60. The van der Waals surface area contributed by atoms with Crippen LogP contribution in [0.5, 0.6) is 0 Å². The van der Waals surface area contributed by atoms with Crippen LogP contribution in [0, 0.1) is 38.7 Å². The molecule has 0 heterocycles. The molecule has 148 valence electrons. The van der Waals surface area contributed by atoms with Crippen molar-refractivity contribution in [3.05, 3.63) is 21.4 Å². The lowest BCUT2D eigenvalue weighted by Gasteiger charge is -2.59. The van der Waals surface area contributed by atoms with Gasteiger partial charge in [-0.1, -0.05) is 20.3 Å². The van der Waals surface area contributed by atoms with Gasteiger partial charge < -0.3 is 4.74 Å². The van der Waals surface area contributed by atoms with Crippen LogP contribution >= 0.6 is 0 Å². The van der Waals surface area contributed by atoms with Crippen LogP contribution in [0.3, 0.4) is 0 Å². The zero-order valence-corrected chi connectivity index (χ0v) is 16.5. The van der Waals surface area contributed by atoms with Gasteiger partial charge in [0.2, 0.25) is 5.78 Å². The minimum Gasteiger partial charge on any atom is -0.375 e. The van der Waals surface area contributed by atoms with Gasteiger partial charge in [0.1, 0.15) is 0 Å². The second kappa shape index (κ2) is 5.88. The molecule has 0 aromatic carbocycles. The molecule has 1 unspecified atom stereocenters. The fourth-order valence-electron chi connectivity index (χ4n) is 7.58. The summed E-state index contributed by atoms with van der Waals surface area (Å²) in [6.07, 6.45) is 10.7. The maximum atomic E-state index is 12.4. The van der Waals surface area contributed by atoms with Crippen LogP contribution in [-0.4, -0.2) is 22.9 Å². The highest BCUT2D eigenvalue weighted by Gasteiger charge is 2.62. The molecule has 0 saturated heterocycles. The van der Waals surface area contributed by atoms with Gasteiger partial charge in [0.15, 0.2) is 0 Å². The quantitative estimate of drug-likeness (QED) is 0.532. The Morgan fingerprint density at radius 3 is 2.59 bits per heavy atom. The summed E-state index contributed by atoms with van der Waals surface area (Å²) in [6.45, 7) is 4.68. The zero-order chi connectivity index (χ0) is 19.0. The first-order valence-electron chi connectivity index (χ1n) is 10.9. The van der Waals surface area contributed by atoms with E-state index in [4.69, 9.17) is 4.74 Å². The molecule has 0 N–H and O–H groups in total. The lowest BCUT2D eigenvalue weighted by atomic mass is 9.46. The smallest absolute Gasteiger partial charge is 0.311 e. The van der Waals surface area contributed by atoms with E-state index in [1.54, 1.807) is 0 Å². The first-order chi connectivity index (χ1) is 12.8. The van der Waals surface area contributed by atoms with E-state index in [0.29, 0.717) is 29.8 Å². The second-order valence-corrected chi connectivity index (χ2v) is 10.4. The van der Waals surface area contributed by atoms with Gasteiger partial charge in [-0.3, -0.25) is 14.9 Å². The van der Waals surface area contributed by atoms with Crippen molar-refractivity contribution in [2.75, 3.05) is 0 Å². The Hall–Kier alpha value is -1.23. The number of carbonyl (C=O) groups is 1. The normalized spacial score (nSPS) is 46.7. The van der Waals surface area contributed by atoms with Crippen LogP contribution in [0.15, 0.2) is 11.3 Å². The van der Waals surface area contributed by atoms with Crippen LogP contribution < -0.4 is 0 Å². The molecular formula is C22H31NO4. The Kier molecular flexibility index (Phi) is 3.89. The van der Waals surface area contributed by atoms with Crippen molar-refractivity contribution in [2.24, 2.45) is 28.6 Å². The largest absolute Gasteiger partial charge is 0.375 e. The highest BCUT2D eigenvalue weighted by atomic mass is 16.6. The highest BCUT2D eigenvalue weighted by Crippen LogP contribution is 2.66. The molecule has 0 aromatic rings. The maximum Gasteiger partial charge on any atom is 0.311 e. The molecule has 5 nitrogen and oxygen atoms in total. The standard InChI is InChI=1S/C22H31NO4/c1-21-10-3-4-15(21)14-7-8-16-20(23(25)26)17(24)9-11-22(16,2)19(14)18(12-21)27-13-5-6-13/h13-15,18-19H,3-12H2,1-2H3/t14-,15-,18?,19-,21-,22-/m0/s1. The van der Waals surface area contributed by atoms with Crippen molar-refractivity contribution >= 4 is 5.78 Å². The van der Waals surface area contributed by atoms with Crippen LogP contribution in [0.1, 0.15) is 78.1 Å². The van der Waals surface area contributed by atoms with E-state index in [1.165, 1.54) is 19.3 Å². The Balaban J connectivity index is 1.60. The maximum absolute atomic E-state index is 12.4. The fraction of sp³-hybridized carbons (Fsp3) is 0.864. The van der Waals surface area contributed by atoms with E-state index >= 15 is 0 Å². The zero-order valence-electron chi connectivity index (χ0n) is 16.5. The summed E-state index contributed by atoms with van der Waals surface area (Å²) in [4.78, 5) is 23.7. The number of nitrogens with zero attached hydrogens (tertiary/aromatic N) is 1. The predicted molar refractivity (Wildman–Crippen MR) is 101 cm³/mol. The number of Topliss-reactive ketones (excluding diaryl/α,β-unsaturated/α-hetero) is 1. The number of hydrogen-bond acceptors (Lipinski definition) is 4. The minimum atomic E-state index is -0.394. The van der Waals surface area contributed by atoms with Crippen LogP contribution in [-0.2, 0) is 9.53 Å². The second-order valence-electron chi connectivity index (χ2n) is 10.4. The van der Waals surface area contributed by atoms with Gasteiger partial charge in [0.25, 0.3) is 0 Å². The first-order valence-corrected chi connectivity index (χ1v) is 10.9. The summed E-state index contributed by atoms with van der Waals surface area (Å²) in [6, 6.07) is 0. The molecule has 0 spiro atoms. The summed E-state index contributed by atoms with van der Waals surface area (Å²) in [5.74, 6) is 1.38. The number of carbonyl (C=O) groups excluding carboxylic acids is 1. The summed E-state index contributed by atoms with van der Waals surface area (Å²) in [5.41, 5.74) is 0.889. The van der Waals surface area contributed by atoms with E-state index in [2.05, 4.69) is 13.8 Å². The Bertz CT molecular complexity index is 726. The number of hydrogen-bond donors (Lipinski definition) is 0. The van der Waals surface area contributed by atoms with Gasteiger partial charge in [0, 0.05) is 17.4 Å². The van der Waals surface area contributed by atoms with Gasteiger partial charge in [-0.05, 0) is 74.5 Å². The summed E-state index contributed by atoms with van der Waals surface area (Å²) in [7, 11) is 0. The van der Waals surface area contributed by atoms with Crippen LogP contribution in [0.4, 0.5) is 0 Å². The van der Waals surface area contributed by atoms with Crippen molar-refractivity contribution in [1.82, 2.24) is 0 Å². The molecule has 27 heavy (non-hydrogen) atoms. The lowest BCUT2D eigenvalue weighted by Crippen LogP contribution is -2.57. The van der Waals surface area contributed by atoms with Gasteiger partial charge in [-0.15, -0.1) is 0 Å². The number of rotatable bonds is 3. The van der Waals surface area contributed by atoms with Crippen molar-refractivity contribution in [3.63, 3.8) is 0 Å². The fourth-order valence-corrected chi connectivity index (χ4v) is 7.58. The molecule has 6 atom stereocenters. The topological polar surface area (TPSA) is 69.4 Å². The minimum absolute atomic E-state index is 0.0767. The number of fused-ring (bicyclic) bond motifs is 5. The third-order valence-corrected chi connectivity index (χ3v) is 8.85. The molecule has 0 aliphatic heterocycles. The van der Waals surface area contributed by atoms with Crippen molar-refractivity contribution in [3.8, 4) is 0 Å². The first kappa shape index (κ1) is 17.8. The van der Waals surface area contributed by atoms with Crippen molar-refractivity contribution in [2.45, 2.75) is 90.3 Å². The average Bonchev–Trinajstić information content (AvgIpc) is 3.32. The third kappa shape index (κ3) is 2.56. The molecule has 0 bridgehead atoms. The average molecular weight is 373 g/mol. The molecule has 4 saturated carbocycles. The van der Waals surface area contributed by atoms with Crippen LogP contribution in [0.2, 0.25) is 0 Å². The Morgan fingerprint density at radius 1 is 1.11 bits per heavy atom. The summed E-state index contributed by atoms with van der Waals surface area (Å²) in [5, 5.41) is 11.7. The van der Waals surface area contributed by atoms with Crippen LogP contribution in [0.25, 0.3) is 0 Å².